The van der Waals surface area contributed by atoms with E-state index < -0.39 is 11.9 Å². The number of anilines is 1. The van der Waals surface area contributed by atoms with Crippen LogP contribution >= 0.6 is 0 Å². The largest absolute Gasteiger partial charge is 0.481 e. The van der Waals surface area contributed by atoms with Crippen LogP contribution in [-0.2, 0) is 4.79 Å². The molecule has 1 aromatic heterocycles. The van der Waals surface area contributed by atoms with Gasteiger partial charge in [0.05, 0.1) is 17.8 Å². The lowest BCUT2D eigenvalue weighted by molar-refractivity contribution is -0.142. The smallest absolute Gasteiger partial charge is 0.322 e. The van der Waals surface area contributed by atoms with Gasteiger partial charge in [0.2, 0.25) is 0 Å². The Labute approximate surface area is 111 Å². The molecule has 0 saturated carbocycles. The van der Waals surface area contributed by atoms with Gasteiger partial charge in [-0.05, 0) is 31.9 Å². The molecule has 1 aliphatic heterocycles. The summed E-state index contributed by atoms with van der Waals surface area (Å²) in [5.41, 5.74) is 1.58. The standard InChI is InChI=1S/C13H17N3O3/c1-8-5-10(7-14-6-8)15-13(19)16-4-3-11(9(16)2)12(17)18/h5-7,9,11H,3-4H2,1-2H3,(H,15,19)(H,17,18). The number of pyridine rings is 1. The van der Waals surface area contributed by atoms with Crippen molar-refractivity contribution in [2.24, 2.45) is 5.92 Å². The third-order valence-corrected chi connectivity index (χ3v) is 3.46. The van der Waals surface area contributed by atoms with E-state index in [2.05, 4.69) is 10.3 Å². The normalized spacial score (nSPS) is 22.3. The first-order valence-corrected chi connectivity index (χ1v) is 6.21. The Bertz CT molecular complexity index is 504. The van der Waals surface area contributed by atoms with Gasteiger partial charge in [-0.15, -0.1) is 0 Å². The van der Waals surface area contributed by atoms with Crippen molar-refractivity contribution in [1.82, 2.24) is 9.88 Å². The van der Waals surface area contributed by atoms with Crippen LogP contribution in [0.5, 0.6) is 0 Å². The predicted molar refractivity (Wildman–Crippen MR) is 69.9 cm³/mol. The van der Waals surface area contributed by atoms with Crippen molar-refractivity contribution in [3.05, 3.63) is 24.0 Å². The van der Waals surface area contributed by atoms with Crippen LogP contribution < -0.4 is 5.32 Å². The Morgan fingerprint density at radius 1 is 1.47 bits per heavy atom. The molecule has 2 rings (SSSR count). The number of nitrogens with one attached hydrogen (secondary N) is 1. The van der Waals surface area contributed by atoms with Gasteiger partial charge in [-0.1, -0.05) is 0 Å². The van der Waals surface area contributed by atoms with Crippen molar-refractivity contribution in [2.45, 2.75) is 26.3 Å². The summed E-state index contributed by atoms with van der Waals surface area (Å²) in [7, 11) is 0. The number of carboxylic acids is 1. The number of carboxylic acid groups (broad SMARTS) is 1. The van der Waals surface area contributed by atoms with E-state index in [-0.39, 0.29) is 12.1 Å². The van der Waals surface area contributed by atoms with Gasteiger partial charge in [-0.2, -0.15) is 0 Å². The summed E-state index contributed by atoms with van der Waals surface area (Å²) in [4.78, 5) is 28.7. The number of aliphatic carboxylic acids is 1. The summed E-state index contributed by atoms with van der Waals surface area (Å²) in [6.45, 7) is 4.12. The third kappa shape index (κ3) is 2.83. The number of rotatable bonds is 2. The molecule has 102 valence electrons. The quantitative estimate of drug-likeness (QED) is 0.851. The molecule has 2 unspecified atom stereocenters. The van der Waals surface area contributed by atoms with Crippen molar-refractivity contribution in [1.29, 1.82) is 0 Å². The van der Waals surface area contributed by atoms with E-state index in [0.717, 1.165) is 5.56 Å². The number of hydrogen-bond acceptors (Lipinski definition) is 3. The molecule has 0 aromatic carbocycles. The highest BCUT2D eigenvalue weighted by atomic mass is 16.4. The summed E-state index contributed by atoms with van der Waals surface area (Å²) in [6.07, 6.45) is 3.77. The van der Waals surface area contributed by atoms with Crippen molar-refractivity contribution in [3.8, 4) is 0 Å². The molecule has 1 aliphatic rings. The number of aryl methyl sites for hydroxylation is 1. The number of likely N-dealkylation sites (tertiary alicyclic amines) is 1. The van der Waals surface area contributed by atoms with Crippen molar-refractivity contribution < 1.29 is 14.7 Å². The summed E-state index contributed by atoms with van der Waals surface area (Å²) in [6, 6.07) is 1.25. The zero-order valence-electron chi connectivity index (χ0n) is 11.0. The number of carbonyl (C=O) groups is 2. The molecule has 0 spiro atoms. The van der Waals surface area contributed by atoms with E-state index in [0.29, 0.717) is 18.7 Å². The topological polar surface area (TPSA) is 82.5 Å². The molecule has 1 aromatic rings. The Balaban J connectivity index is 2.03. The number of amides is 2. The van der Waals surface area contributed by atoms with Crippen LogP contribution in [0.15, 0.2) is 18.5 Å². The maximum Gasteiger partial charge on any atom is 0.322 e. The van der Waals surface area contributed by atoms with E-state index in [1.807, 2.05) is 13.0 Å². The van der Waals surface area contributed by atoms with Gasteiger partial charge in [-0.25, -0.2) is 4.79 Å². The van der Waals surface area contributed by atoms with Crippen molar-refractivity contribution >= 4 is 17.7 Å². The first kappa shape index (κ1) is 13.3. The van der Waals surface area contributed by atoms with Crippen LogP contribution in [0.25, 0.3) is 0 Å². The molecule has 19 heavy (non-hydrogen) atoms. The van der Waals surface area contributed by atoms with Gasteiger partial charge in [-0.3, -0.25) is 9.78 Å². The van der Waals surface area contributed by atoms with Gasteiger partial charge in [0, 0.05) is 18.8 Å². The third-order valence-electron chi connectivity index (χ3n) is 3.46. The highest BCUT2D eigenvalue weighted by Gasteiger charge is 2.38. The van der Waals surface area contributed by atoms with Gasteiger partial charge in [0.1, 0.15) is 0 Å². The second-order valence-electron chi connectivity index (χ2n) is 4.85. The van der Waals surface area contributed by atoms with Gasteiger partial charge < -0.3 is 15.3 Å². The molecule has 2 heterocycles. The fourth-order valence-corrected chi connectivity index (χ4v) is 2.38. The molecule has 1 fully saturated rings. The second kappa shape index (κ2) is 5.26. The molecular weight excluding hydrogens is 246 g/mol. The van der Waals surface area contributed by atoms with Crippen LogP contribution in [0.3, 0.4) is 0 Å². The van der Waals surface area contributed by atoms with Crippen molar-refractivity contribution in [2.75, 3.05) is 11.9 Å². The monoisotopic (exact) mass is 263 g/mol. The first-order chi connectivity index (χ1) is 8.99. The Hall–Kier alpha value is -2.11. The number of hydrogen-bond donors (Lipinski definition) is 2. The number of nitrogens with zero attached hydrogens (tertiary/aromatic N) is 2. The minimum absolute atomic E-state index is 0.274. The molecule has 0 radical (unpaired) electrons. The zero-order valence-corrected chi connectivity index (χ0v) is 11.0. The summed E-state index contributed by atoms with van der Waals surface area (Å²) in [5.74, 6) is -1.33. The summed E-state index contributed by atoms with van der Waals surface area (Å²) in [5, 5.41) is 11.8. The summed E-state index contributed by atoms with van der Waals surface area (Å²) >= 11 is 0. The average Bonchev–Trinajstić information content (AvgIpc) is 2.71. The van der Waals surface area contributed by atoms with Gasteiger partial charge >= 0.3 is 12.0 Å². The molecule has 2 atom stereocenters. The van der Waals surface area contributed by atoms with E-state index in [1.54, 1.807) is 24.2 Å². The average molecular weight is 263 g/mol. The highest BCUT2D eigenvalue weighted by Crippen LogP contribution is 2.25. The second-order valence-corrected chi connectivity index (χ2v) is 4.85. The Morgan fingerprint density at radius 3 is 2.79 bits per heavy atom. The minimum Gasteiger partial charge on any atom is -0.481 e. The minimum atomic E-state index is -0.847. The Kier molecular flexibility index (Phi) is 3.69. The van der Waals surface area contributed by atoms with Crippen LogP contribution in [0, 0.1) is 12.8 Å². The number of urea groups is 1. The Morgan fingerprint density at radius 2 is 2.21 bits per heavy atom. The van der Waals surface area contributed by atoms with Crippen LogP contribution in [0.4, 0.5) is 10.5 Å². The van der Waals surface area contributed by atoms with E-state index in [9.17, 15) is 9.59 Å². The number of carbonyl (C=O) groups excluding carboxylic acids is 1. The molecule has 6 nitrogen and oxygen atoms in total. The maximum atomic E-state index is 12.1. The molecule has 1 saturated heterocycles. The van der Waals surface area contributed by atoms with Crippen LogP contribution in [0.1, 0.15) is 18.9 Å². The summed E-state index contributed by atoms with van der Waals surface area (Å²) < 4.78 is 0. The van der Waals surface area contributed by atoms with Gasteiger partial charge in [0.15, 0.2) is 0 Å². The lowest BCUT2D eigenvalue weighted by Crippen LogP contribution is -2.40. The first-order valence-electron chi connectivity index (χ1n) is 6.21. The lowest BCUT2D eigenvalue weighted by atomic mass is 10.0. The zero-order chi connectivity index (χ0) is 14.0. The maximum absolute atomic E-state index is 12.1. The van der Waals surface area contributed by atoms with E-state index in [4.69, 9.17) is 5.11 Å². The van der Waals surface area contributed by atoms with Crippen molar-refractivity contribution in [3.63, 3.8) is 0 Å². The molecule has 2 N–H and O–H groups in total. The molecule has 0 aliphatic carbocycles. The fourth-order valence-electron chi connectivity index (χ4n) is 2.38. The van der Waals surface area contributed by atoms with Gasteiger partial charge in [0.25, 0.3) is 0 Å². The predicted octanol–water partition coefficient (Wildman–Crippen LogP) is 1.72. The lowest BCUT2D eigenvalue weighted by Gasteiger charge is -2.23. The van der Waals surface area contributed by atoms with Crippen LogP contribution in [-0.4, -0.2) is 39.6 Å². The van der Waals surface area contributed by atoms with Crippen LogP contribution in [0.2, 0.25) is 0 Å². The highest BCUT2D eigenvalue weighted by molar-refractivity contribution is 5.90. The SMILES string of the molecule is Cc1cncc(NC(=O)N2CCC(C(=O)O)C2C)c1. The molecule has 2 amide bonds. The molecule has 6 heteroatoms. The number of aromatic nitrogens is 1. The molecular formula is C13H17N3O3. The van der Waals surface area contributed by atoms with E-state index in [1.165, 1.54) is 0 Å². The molecule has 0 bridgehead atoms. The van der Waals surface area contributed by atoms with E-state index >= 15 is 0 Å². The fraction of sp³-hybridized carbons (Fsp3) is 0.462.